The largest absolute Gasteiger partial charge is 0.481 e. The van der Waals surface area contributed by atoms with Crippen molar-refractivity contribution >= 4 is 17.8 Å². The minimum absolute atomic E-state index is 0.0140. The van der Waals surface area contributed by atoms with Gasteiger partial charge < -0.3 is 14.9 Å². The lowest BCUT2D eigenvalue weighted by Crippen LogP contribution is -2.50. The van der Waals surface area contributed by atoms with Crippen molar-refractivity contribution < 1.29 is 19.5 Å². The number of nitrogens with zero attached hydrogens (tertiary/aromatic N) is 2. The Morgan fingerprint density at radius 2 is 1.44 bits per heavy atom. The van der Waals surface area contributed by atoms with Crippen LogP contribution in [0.3, 0.4) is 0 Å². The second-order valence-electron chi connectivity index (χ2n) is 4.36. The lowest BCUT2D eigenvalue weighted by Gasteiger charge is -2.34. The first kappa shape index (κ1) is 14.5. The minimum atomic E-state index is -0.874. The summed E-state index contributed by atoms with van der Waals surface area (Å²) in [6.07, 6.45) is 1.17. The van der Waals surface area contributed by atoms with Gasteiger partial charge in [-0.2, -0.15) is 0 Å². The number of carboxylic acid groups (broad SMARTS) is 1. The zero-order valence-corrected chi connectivity index (χ0v) is 10.7. The molecule has 0 aliphatic carbocycles. The van der Waals surface area contributed by atoms with E-state index in [4.69, 9.17) is 5.11 Å². The van der Waals surface area contributed by atoms with Gasteiger partial charge in [0.15, 0.2) is 0 Å². The molecule has 1 aliphatic heterocycles. The van der Waals surface area contributed by atoms with E-state index in [1.54, 1.807) is 9.80 Å². The minimum Gasteiger partial charge on any atom is -0.481 e. The highest BCUT2D eigenvalue weighted by Gasteiger charge is 2.22. The Kier molecular flexibility index (Phi) is 5.61. The van der Waals surface area contributed by atoms with Crippen LogP contribution in [0, 0.1) is 0 Å². The van der Waals surface area contributed by atoms with E-state index < -0.39 is 5.97 Å². The van der Waals surface area contributed by atoms with Crippen molar-refractivity contribution in [2.24, 2.45) is 0 Å². The molecule has 2 amide bonds. The number of carboxylic acids is 1. The molecule has 0 atom stereocenters. The molecule has 0 aromatic rings. The molecule has 1 aliphatic rings. The van der Waals surface area contributed by atoms with Crippen LogP contribution in [0.15, 0.2) is 0 Å². The van der Waals surface area contributed by atoms with Crippen LogP contribution in [0.5, 0.6) is 0 Å². The van der Waals surface area contributed by atoms with E-state index in [9.17, 15) is 14.4 Å². The Balaban J connectivity index is 2.27. The molecule has 1 saturated heterocycles. The maximum atomic E-state index is 11.8. The third-order valence-corrected chi connectivity index (χ3v) is 3.07. The summed E-state index contributed by atoms with van der Waals surface area (Å²) in [7, 11) is 0. The summed E-state index contributed by atoms with van der Waals surface area (Å²) in [6, 6.07) is 0. The zero-order valence-electron chi connectivity index (χ0n) is 10.7. The van der Waals surface area contributed by atoms with Crippen molar-refractivity contribution in [1.82, 2.24) is 9.80 Å². The standard InChI is InChI=1S/C12H20N2O4/c1-2-10(15)13-6-8-14(9-7-13)11(16)4-3-5-12(17)18/h2-9H2,1H3,(H,17,18). The summed E-state index contributed by atoms with van der Waals surface area (Å²) in [5.41, 5.74) is 0. The Morgan fingerprint density at radius 3 is 1.89 bits per heavy atom. The van der Waals surface area contributed by atoms with Crippen molar-refractivity contribution in [3.05, 3.63) is 0 Å². The predicted molar refractivity (Wildman–Crippen MR) is 64.9 cm³/mol. The van der Waals surface area contributed by atoms with E-state index >= 15 is 0 Å². The number of amides is 2. The maximum Gasteiger partial charge on any atom is 0.303 e. The molecule has 1 heterocycles. The molecule has 102 valence electrons. The van der Waals surface area contributed by atoms with Gasteiger partial charge in [0, 0.05) is 45.4 Å². The fourth-order valence-corrected chi connectivity index (χ4v) is 1.98. The van der Waals surface area contributed by atoms with Crippen LogP contribution in [0.2, 0.25) is 0 Å². The molecule has 1 fully saturated rings. The maximum absolute atomic E-state index is 11.8. The molecule has 0 saturated carbocycles. The van der Waals surface area contributed by atoms with Gasteiger partial charge in [0.2, 0.25) is 11.8 Å². The molecule has 18 heavy (non-hydrogen) atoms. The molecule has 6 nitrogen and oxygen atoms in total. The predicted octanol–water partition coefficient (Wildman–Crippen LogP) is 0.322. The first-order valence-corrected chi connectivity index (χ1v) is 6.32. The van der Waals surface area contributed by atoms with Crippen LogP contribution in [0.1, 0.15) is 32.6 Å². The summed E-state index contributed by atoms with van der Waals surface area (Å²) in [4.78, 5) is 37.0. The Labute approximate surface area is 107 Å². The van der Waals surface area contributed by atoms with E-state index in [-0.39, 0.29) is 24.7 Å². The van der Waals surface area contributed by atoms with Crippen molar-refractivity contribution in [1.29, 1.82) is 0 Å². The van der Waals surface area contributed by atoms with Gasteiger partial charge in [-0.1, -0.05) is 6.92 Å². The normalized spacial score (nSPS) is 15.6. The fraction of sp³-hybridized carbons (Fsp3) is 0.750. The van der Waals surface area contributed by atoms with E-state index in [0.717, 1.165) is 0 Å². The number of rotatable bonds is 5. The molecule has 6 heteroatoms. The van der Waals surface area contributed by atoms with Crippen molar-refractivity contribution in [2.75, 3.05) is 26.2 Å². The van der Waals surface area contributed by atoms with Gasteiger partial charge >= 0.3 is 5.97 Å². The van der Waals surface area contributed by atoms with Gasteiger partial charge in [-0.05, 0) is 6.42 Å². The Morgan fingerprint density at radius 1 is 0.944 bits per heavy atom. The van der Waals surface area contributed by atoms with Crippen molar-refractivity contribution in [2.45, 2.75) is 32.6 Å². The van der Waals surface area contributed by atoms with Gasteiger partial charge in [0.25, 0.3) is 0 Å². The number of hydrogen-bond acceptors (Lipinski definition) is 3. The first-order chi connectivity index (χ1) is 8.54. The van der Waals surface area contributed by atoms with Crippen LogP contribution in [0.25, 0.3) is 0 Å². The van der Waals surface area contributed by atoms with Gasteiger partial charge in [0.1, 0.15) is 0 Å². The Hall–Kier alpha value is -1.59. The number of carbonyl (C=O) groups excluding carboxylic acids is 2. The molecule has 0 aromatic carbocycles. The highest BCUT2D eigenvalue weighted by molar-refractivity contribution is 5.78. The van der Waals surface area contributed by atoms with Crippen molar-refractivity contribution in [3.8, 4) is 0 Å². The van der Waals surface area contributed by atoms with Crippen LogP contribution in [0.4, 0.5) is 0 Å². The SMILES string of the molecule is CCC(=O)N1CCN(C(=O)CCCC(=O)O)CC1. The number of piperazine rings is 1. The number of carbonyl (C=O) groups is 3. The van der Waals surface area contributed by atoms with Crippen LogP contribution >= 0.6 is 0 Å². The molecule has 1 N–H and O–H groups in total. The molecule has 1 rings (SSSR count). The van der Waals surface area contributed by atoms with Gasteiger partial charge in [-0.15, -0.1) is 0 Å². The number of hydrogen-bond donors (Lipinski definition) is 1. The van der Waals surface area contributed by atoms with E-state index in [1.165, 1.54) is 0 Å². The van der Waals surface area contributed by atoms with Gasteiger partial charge in [-0.3, -0.25) is 14.4 Å². The van der Waals surface area contributed by atoms with Crippen LogP contribution < -0.4 is 0 Å². The second-order valence-corrected chi connectivity index (χ2v) is 4.36. The summed E-state index contributed by atoms with van der Waals surface area (Å²) in [5.74, 6) is -0.769. The highest BCUT2D eigenvalue weighted by atomic mass is 16.4. The first-order valence-electron chi connectivity index (χ1n) is 6.32. The molecular weight excluding hydrogens is 236 g/mol. The molecule has 0 spiro atoms. The molecule has 0 radical (unpaired) electrons. The second kappa shape index (κ2) is 6.98. The zero-order chi connectivity index (χ0) is 13.5. The van der Waals surface area contributed by atoms with E-state index in [0.29, 0.717) is 39.0 Å². The molecular formula is C12H20N2O4. The lowest BCUT2D eigenvalue weighted by molar-refractivity contribution is -0.140. The average molecular weight is 256 g/mol. The summed E-state index contributed by atoms with van der Waals surface area (Å²) >= 11 is 0. The number of aliphatic carboxylic acids is 1. The monoisotopic (exact) mass is 256 g/mol. The van der Waals surface area contributed by atoms with Crippen LogP contribution in [-0.2, 0) is 14.4 Å². The summed E-state index contributed by atoms with van der Waals surface area (Å²) in [5, 5.41) is 8.49. The topological polar surface area (TPSA) is 77.9 Å². The van der Waals surface area contributed by atoms with E-state index in [1.807, 2.05) is 6.92 Å². The smallest absolute Gasteiger partial charge is 0.303 e. The van der Waals surface area contributed by atoms with Gasteiger partial charge in [0.05, 0.1) is 0 Å². The van der Waals surface area contributed by atoms with Crippen molar-refractivity contribution in [3.63, 3.8) is 0 Å². The third kappa shape index (κ3) is 4.35. The fourth-order valence-electron chi connectivity index (χ4n) is 1.98. The Bertz CT molecular complexity index is 322. The highest BCUT2D eigenvalue weighted by Crippen LogP contribution is 2.07. The summed E-state index contributed by atoms with van der Waals surface area (Å²) < 4.78 is 0. The van der Waals surface area contributed by atoms with E-state index in [2.05, 4.69) is 0 Å². The summed E-state index contributed by atoms with van der Waals surface area (Å²) in [6.45, 7) is 4.09. The van der Waals surface area contributed by atoms with Crippen LogP contribution in [-0.4, -0.2) is 58.9 Å². The quantitative estimate of drug-likeness (QED) is 0.768. The third-order valence-electron chi connectivity index (χ3n) is 3.07. The van der Waals surface area contributed by atoms with Gasteiger partial charge in [-0.25, -0.2) is 0 Å². The average Bonchev–Trinajstić information content (AvgIpc) is 2.37. The molecule has 0 bridgehead atoms. The molecule has 0 unspecified atom stereocenters. The molecule has 0 aromatic heterocycles. The lowest BCUT2D eigenvalue weighted by atomic mass is 10.2.